The van der Waals surface area contributed by atoms with Crippen LogP contribution in [0.4, 0.5) is 0 Å². The highest BCUT2D eigenvalue weighted by molar-refractivity contribution is 5.45. The van der Waals surface area contributed by atoms with Gasteiger partial charge in [0, 0.05) is 51.4 Å². The van der Waals surface area contributed by atoms with E-state index < -0.39 is 0 Å². The minimum absolute atomic E-state index is 0.330. The van der Waals surface area contributed by atoms with Gasteiger partial charge in [-0.3, -0.25) is 9.80 Å². The highest BCUT2D eigenvalue weighted by Gasteiger charge is 2.31. The van der Waals surface area contributed by atoms with E-state index in [1.54, 1.807) is 0 Å². The lowest BCUT2D eigenvalue weighted by Crippen LogP contribution is -2.63. The Bertz CT molecular complexity index is 514. The molecule has 114 valence electrons. The van der Waals surface area contributed by atoms with E-state index in [0.29, 0.717) is 18.9 Å². The molecule has 2 atom stereocenters. The molecule has 0 radical (unpaired) electrons. The van der Waals surface area contributed by atoms with Gasteiger partial charge >= 0.3 is 0 Å². The standard InChI is InChI=1S/C16H23N3O2/c1-12(13-2-3-15-16(8-13)21-11-20-15)17-9-14-10-18-4-6-19(14)7-5-18/h2-3,8,12,14,17H,4-7,9-11H2,1H3/t12-,14-/m0/s1. The number of hydrogen-bond donors (Lipinski definition) is 1. The summed E-state index contributed by atoms with van der Waals surface area (Å²) in [6.07, 6.45) is 0. The van der Waals surface area contributed by atoms with Crippen molar-refractivity contribution in [3.05, 3.63) is 23.8 Å². The molecule has 0 unspecified atom stereocenters. The molecule has 3 saturated heterocycles. The molecule has 5 rings (SSSR count). The molecule has 4 heterocycles. The van der Waals surface area contributed by atoms with Crippen LogP contribution in [0.1, 0.15) is 18.5 Å². The van der Waals surface area contributed by atoms with Crippen LogP contribution in [0.3, 0.4) is 0 Å². The first-order valence-corrected chi connectivity index (χ1v) is 7.89. The number of hydrogen-bond acceptors (Lipinski definition) is 5. The monoisotopic (exact) mass is 289 g/mol. The molecule has 4 aliphatic heterocycles. The Hall–Kier alpha value is -1.30. The molecule has 5 nitrogen and oxygen atoms in total. The number of ether oxygens (including phenoxy) is 2. The third-order valence-corrected chi connectivity index (χ3v) is 4.95. The number of fused-ring (bicyclic) bond motifs is 4. The summed E-state index contributed by atoms with van der Waals surface area (Å²) >= 11 is 0. The zero-order valence-corrected chi connectivity index (χ0v) is 12.5. The Morgan fingerprint density at radius 3 is 2.76 bits per heavy atom. The summed E-state index contributed by atoms with van der Waals surface area (Å²) in [7, 11) is 0. The second-order valence-electron chi connectivity index (χ2n) is 6.23. The van der Waals surface area contributed by atoms with Crippen LogP contribution in [0.15, 0.2) is 18.2 Å². The lowest BCUT2D eigenvalue weighted by atomic mass is 10.1. The van der Waals surface area contributed by atoms with Crippen molar-refractivity contribution >= 4 is 0 Å². The summed E-state index contributed by atoms with van der Waals surface area (Å²) in [6, 6.07) is 7.21. The van der Waals surface area contributed by atoms with Crippen LogP contribution in [0.5, 0.6) is 11.5 Å². The van der Waals surface area contributed by atoms with Gasteiger partial charge in [-0.25, -0.2) is 0 Å². The van der Waals surface area contributed by atoms with Gasteiger partial charge in [-0.15, -0.1) is 0 Å². The highest BCUT2D eigenvalue weighted by atomic mass is 16.7. The number of benzene rings is 1. The Morgan fingerprint density at radius 1 is 1.19 bits per heavy atom. The first kappa shape index (κ1) is 13.4. The molecule has 2 bridgehead atoms. The topological polar surface area (TPSA) is 37.0 Å². The van der Waals surface area contributed by atoms with E-state index in [2.05, 4.69) is 34.2 Å². The van der Waals surface area contributed by atoms with Crippen LogP contribution >= 0.6 is 0 Å². The molecule has 5 heteroatoms. The number of nitrogens with zero attached hydrogens (tertiary/aromatic N) is 2. The molecule has 0 amide bonds. The fourth-order valence-corrected chi connectivity index (χ4v) is 3.53. The highest BCUT2D eigenvalue weighted by Crippen LogP contribution is 2.34. The maximum atomic E-state index is 5.46. The maximum absolute atomic E-state index is 5.46. The van der Waals surface area contributed by atoms with Gasteiger partial charge in [0.15, 0.2) is 11.5 Å². The van der Waals surface area contributed by atoms with Crippen LogP contribution in [-0.2, 0) is 0 Å². The molecular weight excluding hydrogens is 266 g/mol. The quantitative estimate of drug-likeness (QED) is 0.897. The maximum Gasteiger partial charge on any atom is 0.231 e. The van der Waals surface area contributed by atoms with Crippen LogP contribution in [-0.4, -0.2) is 61.9 Å². The van der Waals surface area contributed by atoms with Crippen LogP contribution in [0.2, 0.25) is 0 Å². The Labute approximate surface area is 125 Å². The largest absolute Gasteiger partial charge is 0.454 e. The average molecular weight is 289 g/mol. The van der Waals surface area contributed by atoms with E-state index in [9.17, 15) is 0 Å². The number of rotatable bonds is 4. The van der Waals surface area contributed by atoms with Gasteiger partial charge in [-0.2, -0.15) is 0 Å². The van der Waals surface area contributed by atoms with Crippen molar-refractivity contribution in [1.82, 2.24) is 15.1 Å². The third kappa shape index (κ3) is 2.61. The lowest BCUT2D eigenvalue weighted by Gasteiger charge is -2.47. The van der Waals surface area contributed by atoms with E-state index in [1.807, 2.05) is 6.07 Å². The molecule has 21 heavy (non-hydrogen) atoms. The van der Waals surface area contributed by atoms with E-state index in [4.69, 9.17) is 9.47 Å². The molecule has 3 fully saturated rings. The van der Waals surface area contributed by atoms with Gasteiger partial charge in [0.2, 0.25) is 6.79 Å². The molecule has 1 aromatic carbocycles. The van der Waals surface area contributed by atoms with Gasteiger partial charge in [-0.1, -0.05) is 6.07 Å². The summed E-state index contributed by atoms with van der Waals surface area (Å²) in [6.45, 7) is 9.76. The summed E-state index contributed by atoms with van der Waals surface area (Å²) in [5.74, 6) is 1.72. The summed E-state index contributed by atoms with van der Waals surface area (Å²) in [5.41, 5.74) is 1.26. The van der Waals surface area contributed by atoms with Crippen molar-refractivity contribution in [2.75, 3.05) is 46.1 Å². The fraction of sp³-hybridized carbons (Fsp3) is 0.625. The smallest absolute Gasteiger partial charge is 0.231 e. The molecule has 0 aromatic heterocycles. The van der Waals surface area contributed by atoms with Crippen molar-refractivity contribution in [3.8, 4) is 11.5 Å². The van der Waals surface area contributed by atoms with E-state index in [-0.39, 0.29) is 0 Å². The molecule has 0 saturated carbocycles. The molecule has 0 aliphatic carbocycles. The first-order chi connectivity index (χ1) is 10.3. The minimum atomic E-state index is 0.330. The molecule has 4 aliphatic rings. The number of piperazine rings is 3. The molecular formula is C16H23N3O2. The second kappa shape index (κ2) is 5.48. The van der Waals surface area contributed by atoms with E-state index in [1.165, 1.54) is 38.3 Å². The zero-order chi connectivity index (χ0) is 14.2. The van der Waals surface area contributed by atoms with Crippen molar-refractivity contribution < 1.29 is 9.47 Å². The Balaban J connectivity index is 1.36. The number of nitrogens with one attached hydrogen (secondary N) is 1. The zero-order valence-electron chi connectivity index (χ0n) is 12.5. The predicted molar refractivity (Wildman–Crippen MR) is 80.8 cm³/mol. The van der Waals surface area contributed by atoms with Gasteiger partial charge in [-0.05, 0) is 24.6 Å². The summed E-state index contributed by atoms with van der Waals surface area (Å²) in [4.78, 5) is 5.21. The Kier molecular flexibility index (Phi) is 3.49. The molecule has 1 aromatic rings. The van der Waals surface area contributed by atoms with Crippen molar-refractivity contribution in [2.24, 2.45) is 0 Å². The second-order valence-corrected chi connectivity index (χ2v) is 6.23. The molecule has 1 N–H and O–H groups in total. The first-order valence-electron chi connectivity index (χ1n) is 7.89. The van der Waals surface area contributed by atoms with Gasteiger partial charge < -0.3 is 14.8 Å². The van der Waals surface area contributed by atoms with Crippen LogP contribution in [0.25, 0.3) is 0 Å². The Morgan fingerprint density at radius 2 is 2.00 bits per heavy atom. The van der Waals surface area contributed by atoms with Crippen molar-refractivity contribution in [3.63, 3.8) is 0 Å². The average Bonchev–Trinajstić information content (AvgIpc) is 3.01. The van der Waals surface area contributed by atoms with Gasteiger partial charge in [0.25, 0.3) is 0 Å². The predicted octanol–water partition coefficient (Wildman–Crippen LogP) is 1.07. The summed E-state index contributed by atoms with van der Waals surface area (Å²) in [5, 5.41) is 3.68. The van der Waals surface area contributed by atoms with E-state index >= 15 is 0 Å². The van der Waals surface area contributed by atoms with Crippen LogP contribution in [0, 0.1) is 0 Å². The fourth-order valence-electron chi connectivity index (χ4n) is 3.53. The summed E-state index contributed by atoms with van der Waals surface area (Å²) < 4.78 is 10.8. The lowest BCUT2D eigenvalue weighted by molar-refractivity contribution is 0.0129. The normalized spacial score (nSPS) is 31.4. The SMILES string of the molecule is C[C@H](NC[C@H]1CN2CCN1CC2)c1ccc2c(c1)OCO2. The van der Waals surface area contributed by atoms with Crippen molar-refractivity contribution in [2.45, 2.75) is 19.0 Å². The van der Waals surface area contributed by atoms with Gasteiger partial charge in [0.05, 0.1) is 0 Å². The van der Waals surface area contributed by atoms with E-state index in [0.717, 1.165) is 18.0 Å². The molecule has 0 spiro atoms. The third-order valence-electron chi connectivity index (χ3n) is 4.95. The minimum Gasteiger partial charge on any atom is -0.454 e. The van der Waals surface area contributed by atoms with Gasteiger partial charge in [0.1, 0.15) is 0 Å². The van der Waals surface area contributed by atoms with Crippen LogP contribution < -0.4 is 14.8 Å². The van der Waals surface area contributed by atoms with Crippen molar-refractivity contribution in [1.29, 1.82) is 0 Å².